The van der Waals surface area contributed by atoms with E-state index < -0.39 is 0 Å². The van der Waals surface area contributed by atoms with Crippen LogP contribution in [0.1, 0.15) is 130 Å². The lowest BCUT2D eigenvalue weighted by Gasteiger charge is -2.21. The second-order valence-corrected chi connectivity index (χ2v) is 13.0. The third-order valence-corrected chi connectivity index (χ3v) is 8.85. The van der Waals surface area contributed by atoms with E-state index in [1.54, 1.807) is 0 Å². The SMILES string of the molecule is CC/C=C\CCCCOC(CCCC(=O)OCCCCCCOC1CC(C(=O)NCCN(CC)CC)N(C)C1)OCCCC/C=C\CC. The predicted octanol–water partition coefficient (Wildman–Crippen LogP) is 7.44. The smallest absolute Gasteiger partial charge is 0.305 e. The summed E-state index contributed by atoms with van der Waals surface area (Å²) in [6.07, 6.45) is 23.8. The Kier molecular flexibility index (Phi) is 28.8. The number of likely N-dealkylation sites (tertiary alicyclic amines) is 1. The minimum absolute atomic E-state index is 0.103. The van der Waals surface area contributed by atoms with E-state index in [2.05, 4.69) is 67.1 Å². The summed E-state index contributed by atoms with van der Waals surface area (Å²) in [4.78, 5) is 29.4. The number of ether oxygens (including phenoxy) is 4. The highest BCUT2D eigenvalue weighted by atomic mass is 16.7. The molecule has 0 spiro atoms. The van der Waals surface area contributed by atoms with Crippen LogP contribution in [-0.4, -0.2) is 106 Å². The molecule has 0 aliphatic carbocycles. The molecule has 1 aliphatic heterocycles. The molecule has 280 valence electrons. The molecule has 1 rings (SSSR count). The van der Waals surface area contributed by atoms with Crippen molar-refractivity contribution in [1.29, 1.82) is 0 Å². The number of likely N-dealkylation sites (N-methyl/N-ethyl adjacent to an activating group) is 2. The zero-order chi connectivity index (χ0) is 35.1. The average molecular weight is 680 g/mol. The molecule has 1 aliphatic rings. The van der Waals surface area contributed by atoms with E-state index in [9.17, 15) is 9.59 Å². The number of nitrogens with zero attached hydrogens (tertiary/aromatic N) is 2. The maximum absolute atomic E-state index is 12.7. The summed E-state index contributed by atoms with van der Waals surface area (Å²) >= 11 is 0. The molecule has 1 saturated heterocycles. The van der Waals surface area contributed by atoms with Crippen molar-refractivity contribution in [2.45, 2.75) is 149 Å². The number of unbranched alkanes of at least 4 members (excludes halogenated alkanes) is 7. The number of amides is 1. The Hall–Kier alpha value is -1.78. The van der Waals surface area contributed by atoms with Gasteiger partial charge in [0.25, 0.3) is 0 Å². The fraction of sp³-hybridized carbons (Fsp3) is 0.846. The van der Waals surface area contributed by atoms with Gasteiger partial charge < -0.3 is 29.2 Å². The maximum Gasteiger partial charge on any atom is 0.305 e. The summed E-state index contributed by atoms with van der Waals surface area (Å²) in [5.74, 6) is -0.0330. The van der Waals surface area contributed by atoms with Crippen molar-refractivity contribution in [3.05, 3.63) is 24.3 Å². The number of allylic oxidation sites excluding steroid dienone is 4. The summed E-state index contributed by atoms with van der Waals surface area (Å²) in [5.41, 5.74) is 0. The maximum atomic E-state index is 12.7. The van der Waals surface area contributed by atoms with Crippen molar-refractivity contribution < 1.29 is 28.5 Å². The van der Waals surface area contributed by atoms with Crippen LogP contribution >= 0.6 is 0 Å². The van der Waals surface area contributed by atoms with E-state index in [0.717, 1.165) is 110 Å². The van der Waals surface area contributed by atoms with Crippen molar-refractivity contribution in [3.63, 3.8) is 0 Å². The Morgan fingerprint density at radius 1 is 0.792 bits per heavy atom. The lowest BCUT2D eigenvalue weighted by Crippen LogP contribution is -2.44. The van der Waals surface area contributed by atoms with Gasteiger partial charge in [-0.15, -0.1) is 0 Å². The number of nitrogens with one attached hydrogen (secondary N) is 1. The first-order chi connectivity index (χ1) is 23.4. The molecule has 2 atom stereocenters. The quantitative estimate of drug-likeness (QED) is 0.0340. The Balaban J connectivity index is 2.14. The zero-order valence-electron chi connectivity index (χ0n) is 31.6. The van der Waals surface area contributed by atoms with Crippen LogP contribution in [0.15, 0.2) is 24.3 Å². The second kappa shape index (κ2) is 31.2. The minimum Gasteiger partial charge on any atom is -0.466 e. The molecule has 1 fully saturated rings. The topological polar surface area (TPSA) is 89.6 Å². The third kappa shape index (κ3) is 23.6. The van der Waals surface area contributed by atoms with E-state index in [-0.39, 0.29) is 30.3 Å². The van der Waals surface area contributed by atoms with Gasteiger partial charge in [0.1, 0.15) is 0 Å². The summed E-state index contributed by atoms with van der Waals surface area (Å²) in [5, 5.41) is 3.10. The molecule has 0 bridgehead atoms. The van der Waals surface area contributed by atoms with Gasteiger partial charge in [0.2, 0.25) is 5.91 Å². The molecule has 9 heteroatoms. The molecule has 1 N–H and O–H groups in total. The van der Waals surface area contributed by atoms with E-state index in [4.69, 9.17) is 18.9 Å². The van der Waals surface area contributed by atoms with Gasteiger partial charge in [-0.05, 0) is 110 Å². The van der Waals surface area contributed by atoms with E-state index in [1.165, 1.54) is 0 Å². The highest BCUT2D eigenvalue weighted by Crippen LogP contribution is 2.19. The Labute approximate surface area is 294 Å². The zero-order valence-corrected chi connectivity index (χ0v) is 31.6. The average Bonchev–Trinajstić information content (AvgIpc) is 3.46. The Morgan fingerprint density at radius 3 is 2.00 bits per heavy atom. The van der Waals surface area contributed by atoms with E-state index in [1.807, 2.05) is 7.05 Å². The van der Waals surface area contributed by atoms with Gasteiger partial charge in [-0.25, -0.2) is 0 Å². The molecule has 1 heterocycles. The summed E-state index contributed by atoms with van der Waals surface area (Å²) < 4.78 is 23.7. The van der Waals surface area contributed by atoms with Crippen LogP contribution in [0.25, 0.3) is 0 Å². The Morgan fingerprint density at radius 2 is 1.40 bits per heavy atom. The molecule has 48 heavy (non-hydrogen) atoms. The first-order valence-electron chi connectivity index (χ1n) is 19.5. The molecular formula is C39H73N3O6. The monoisotopic (exact) mass is 680 g/mol. The summed E-state index contributed by atoms with van der Waals surface area (Å²) in [6.45, 7) is 15.5. The highest BCUT2D eigenvalue weighted by molar-refractivity contribution is 5.82. The molecule has 0 aromatic carbocycles. The van der Waals surface area contributed by atoms with Crippen molar-refractivity contribution in [1.82, 2.24) is 15.1 Å². The van der Waals surface area contributed by atoms with Gasteiger partial charge in [0.15, 0.2) is 6.29 Å². The molecule has 0 aromatic heterocycles. The van der Waals surface area contributed by atoms with Crippen LogP contribution in [0.4, 0.5) is 0 Å². The number of carbonyl (C=O) groups excluding carboxylic acids is 2. The Bertz CT molecular complexity index is 811. The largest absolute Gasteiger partial charge is 0.466 e. The van der Waals surface area contributed by atoms with Crippen molar-refractivity contribution in [2.75, 3.05) is 66.2 Å². The molecule has 0 radical (unpaired) electrons. The first kappa shape index (κ1) is 44.2. The summed E-state index contributed by atoms with van der Waals surface area (Å²) in [6, 6.07) is -0.113. The van der Waals surface area contributed by atoms with Crippen molar-refractivity contribution >= 4 is 11.9 Å². The van der Waals surface area contributed by atoms with Gasteiger partial charge in [0.05, 0.1) is 18.8 Å². The van der Waals surface area contributed by atoms with Crippen LogP contribution in [-0.2, 0) is 28.5 Å². The van der Waals surface area contributed by atoms with Gasteiger partial charge >= 0.3 is 5.97 Å². The molecule has 0 aromatic rings. The number of carbonyl (C=O) groups is 2. The minimum atomic E-state index is -0.257. The third-order valence-electron chi connectivity index (χ3n) is 8.85. The van der Waals surface area contributed by atoms with E-state index in [0.29, 0.717) is 52.2 Å². The fourth-order valence-corrected chi connectivity index (χ4v) is 5.80. The molecule has 1 amide bonds. The molecule has 0 saturated carbocycles. The summed E-state index contributed by atoms with van der Waals surface area (Å²) in [7, 11) is 2.00. The van der Waals surface area contributed by atoms with Gasteiger partial charge in [-0.3, -0.25) is 14.5 Å². The normalized spacial score (nSPS) is 17.1. The van der Waals surface area contributed by atoms with Crippen LogP contribution in [0.3, 0.4) is 0 Å². The predicted molar refractivity (Wildman–Crippen MR) is 197 cm³/mol. The van der Waals surface area contributed by atoms with Crippen LogP contribution in [0.5, 0.6) is 0 Å². The second-order valence-electron chi connectivity index (χ2n) is 13.0. The highest BCUT2D eigenvalue weighted by Gasteiger charge is 2.34. The lowest BCUT2D eigenvalue weighted by atomic mass is 10.2. The number of hydrogen-bond acceptors (Lipinski definition) is 8. The van der Waals surface area contributed by atoms with Gasteiger partial charge in [-0.1, -0.05) is 58.4 Å². The van der Waals surface area contributed by atoms with Crippen LogP contribution < -0.4 is 5.32 Å². The molecule has 2 unspecified atom stereocenters. The first-order valence-corrected chi connectivity index (χ1v) is 19.5. The van der Waals surface area contributed by atoms with Crippen molar-refractivity contribution in [3.8, 4) is 0 Å². The van der Waals surface area contributed by atoms with E-state index >= 15 is 0 Å². The van der Waals surface area contributed by atoms with Crippen LogP contribution in [0, 0.1) is 0 Å². The standard InChI is InChI=1S/C39H73N3O6/c1-6-10-12-14-16-22-31-47-38(48-32-23-17-15-13-11-7-2)26-24-25-37(43)46-30-21-19-18-20-29-45-35-33-36(41(5)34-35)39(44)40-27-28-42(8-3)9-4/h10-13,35-36,38H,6-9,14-34H2,1-5H3,(H,40,44)/b12-10-,13-11-. The number of hydrogen-bond donors (Lipinski definition) is 1. The lowest BCUT2D eigenvalue weighted by molar-refractivity contribution is -0.152. The number of esters is 1. The van der Waals surface area contributed by atoms with Gasteiger partial charge in [0, 0.05) is 45.9 Å². The number of rotatable bonds is 32. The van der Waals surface area contributed by atoms with Crippen LogP contribution in [0.2, 0.25) is 0 Å². The van der Waals surface area contributed by atoms with Crippen molar-refractivity contribution in [2.24, 2.45) is 0 Å². The molecular weight excluding hydrogens is 606 g/mol. The van der Waals surface area contributed by atoms with Gasteiger partial charge in [-0.2, -0.15) is 0 Å². The fourth-order valence-electron chi connectivity index (χ4n) is 5.80. The molecule has 9 nitrogen and oxygen atoms in total.